The van der Waals surface area contributed by atoms with Crippen molar-refractivity contribution in [2.75, 3.05) is 23.7 Å². The molecule has 1 aliphatic heterocycles. The summed E-state index contributed by atoms with van der Waals surface area (Å²) in [5.74, 6) is 0.593. The first-order chi connectivity index (χ1) is 21.7. The van der Waals surface area contributed by atoms with Gasteiger partial charge in [0.15, 0.2) is 0 Å². The second-order valence-electron chi connectivity index (χ2n) is 13.5. The fraction of sp³-hybridized carbons (Fsp3) is 0.432. The first-order valence-electron chi connectivity index (χ1n) is 16.5. The molecule has 1 aliphatic carbocycles. The number of benzene rings is 2. The number of urea groups is 1. The van der Waals surface area contributed by atoms with Crippen molar-refractivity contribution < 1.29 is 4.79 Å². The molecule has 0 bridgehead atoms. The molecular weight excluding hydrogens is 558 g/mol. The second kappa shape index (κ2) is 13.2. The Kier molecular flexibility index (Phi) is 9.06. The third kappa shape index (κ3) is 6.82. The number of aryl methyl sites for hydroxylation is 1. The van der Waals surface area contributed by atoms with Gasteiger partial charge in [0.05, 0.1) is 29.4 Å². The van der Waals surface area contributed by atoms with Crippen molar-refractivity contribution in [3.05, 3.63) is 83.8 Å². The van der Waals surface area contributed by atoms with Crippen molar-refractivity contribution in [2.45, 2.75) is 90.8 Å². The normalized spacial score (nSPS) is 19.0. The minimum absolute atomic E-state index is 0.184. The Morgan fingerprint density at radius 1 is 1.02 bits per heavy atom. The first kappa shape index (κ1) is 31.0. The maximum absolute atomic E-state index is 13.5. The van der Waals surface area contributed by atoms with Crippen molar-refractivity contribution in [1.82, 2.24) is 25.0 Å². The van der Waals surface area contributed by atoms with Gasteiger partial charge in [-0.1, -0.05) is 64.1 Å². The third-order valence-electron chi connectivity index (χ3n) is 9.19. The molecule has 6 rings (SSSR count). The summed E-state index contributed by atoms with van der Waals surface area (Å²) in [7, 11) is 0. The van der Waals surface area contributed by atoms with Crippen LogP contribution in [0.2, 0.25) is 0 Å². The molecule has 2 aromatic heterocycles. The van der Waals surface area contributed by atoms with E-state index in [1.807, 2.05) is 37.3 Å². The van der Waals surface area contributed by atoms with Crippen molar-refractivity contribution in [2.24, 2.45) is 0 Å². The highest BCUT2D eigenvalue weighted by Crippen LogP contribution is 2.37. The van der Waals surface area contributed by atoms with Gasteiger partial charge in [-0.3, -0.25) is 15.2 Å². The van der Waals surface area contributed by atoms with E-state index < -0.39 is 0 Å². The molecule has 3 heterocycles. The van der Waals surface area contributed by atoms with E-state index in [0.29, 0.717) is 18.0 Å². The summed E-state index contributed by atoms with van der Waals surface area (Å²) in [4.78, 5) is 20.6. The number of fused-ring (bicyclic) bond motifs is 1. The molecule has 2 aliphatic rings. The number of aromatic nitrogens is 3. The van der Waals surface area contributed by atoms with E-state index in [0.717, 1.165) is 53.0 Å². The smallest absolute Gasteiger partial charge is 0.307 e. The molecule has 2 aromatic carbocycles. The number of rotatable bonds is 7. The summed E-state index contributed by atoms with van der Waals surface area (Å²) >= 11 is 0. The zero-order chi connectivity index (χ0) is 31.6. The Labute approximate surface area is 267 Å². The number of likely N-dealkylation sites (N-methyl/N-ethyl adjacent to an activating group) is 1. The summed E-state index contributed by atoms with van der Waals surface area (Å²) < 4.78 is 1.75. The maximum atomic E-state index is 13.5. The quantitative estimate of drug-likeness (QED) is 0.199. The number of nitrogens with one attached hydrogen (secondary N) is 3. The Morgan fingerprint density at radius 2 is 1.84 bits per heavy atom. The number of allylic oxidation sites excluding steroid dienone is 1. The summed E-state index contributed by atoms with van der Waals surface area (Å²) in [6.45, 7) is 12.7. The van der Waals surface area contributed by atoms with Gasteiger partial charge in [0, 0.05) is 28.6 Å². The minimum Gasteiger partial charge on any atom is -0.307 e. The molecule has 0 radical (unpaired) electrons. The molecule has 3 N–H and O–H groups in total. The summed E-state index contributed by atoms with van der Waals surface area (Å²) in [5.41, 5.74) is 5.85. The predicted molar refractivity (Wildman–Crippen MR) is 185 cm³/mol. The van der Waals surface area contributed by atoms with Gasteiger partial charge in [0.2, 0.25) is 0 Å². The Morgan fingerprint density at radius 3 is 2.56 bits per heavy atom. The average Bonchev–Trinajstić information content (AvgIpc) is 3.47. The van der Waals surface area contributed by atoms with Crippen LogP contribution in [-0.2, 0) is 5.41 Å². The van der Waals surface area contributed by atoms with Gasteiger partial charge in [0.25, 0.3) is 0 Å². The third-order valence-corrected chi connectivity index (χ3v) is 9.19. The van der Waals surface area contributed by atoms with Crippen LogP contribution in [0, 0.1) is 6.92 Å². The number of hydrogen-bond acceptors (Lipinski definition) is 5. The lowest BCUT2D eigenvalue weighted by atomic mass is 9.87. The van der Waals surface area contributed by atoms with Crippen LogP contribution in [0.25, 0.3) is 22.0 Å². The van der Waals surface area contributed by atoms with Gasteiger partial charge in [-0.2, -0.15) is 5.10 Å². The number of piperidine rings is 1. The van der Waals surface area contributed by atoms with E-state index in [2.05, 4.69) is 83.9 Å². The van der Waals surface area contributed by atoms with Crippen LogP contribution in [0.15, 0.2) is 66.9 Å². The van der Waals surface area contributed by atoms with Crippen LogP contribution in [0.3, 0.4) is 0 Å². The lowest BCUT2D eigenvalue weighted by molar-refractivity contribution is 0.109. The maximum Gasteiger partial charge on any atom is 0.324 e. The number of hydrogen-bond donors (Lipinski definition) is 3. The molecule has 0 saturated carbocycles. The van der Waals surface area contributed by atoms with E-state index in [-0.39, 0.29) is 11.4 Å². The molecule has 8 nitrogen and oxygen atoms in total. The number of carbonyl (C=O) groups is 1. The van der Waals surface area contributed by atoms with Crippen molar-refractivity contribution in [3.63, 3.8) is 0 Å². The molecule has 2 unspecified atom stereocenters. The molecule has 1 saturated heterocycles. The first-order valence-corrected chi connectivity index (χ1v) is 16.5. The van der Waals surface area contributed by atoms with Crippen LogP contribution in [0.4, 0.5) is 16.3 Å². The molecule has 236 valence electrons. The zero-order valence-corrected chi connectivity index (χ0v) is 27.4. The van der Waals surface area contributed by atoms with E-state index in [9.17, 15) is 4.79 Å². The van der Waals surface area contributed by atoms with E-state index in [1.54, 1.807) is 10.9 Å². The van der Waals surface area contributed by atoms with Crippen LogP contribution in [0.1, 0.15) is 83.2 Å². The van der Waals surface area contributed by atoms with E-state index in [4.69, 9.17) is 5.10 Å². The summed E-state index contributed by atoms with van der Waals surface area (Å²) in [6.07, 6.45) is 12.0. The van der Waals surface area contributed by atoms with E-state index in [1.165, 1.54) is 43.2 Å². The molecule has 2 atom stereocenters. The highest BCUT2D eigenvalue weighted by Gasteiger charge is 2.28. The number of amides is 2. The Balaban J connectivity index is 1.26. The number of carbonyl (C=O) groups excluding carboxylic acids is 1. The number of anilines is 2. The van der Waals surface area contributed by atoms with Gasteiger partial charge in [-0.15, -0.1) is 0 Å². The predicted octanol–water partition coefficient (Wildman–Crippen LogP) is 8.03. The van der Waals surface area contributed by atoms with Crippen molar-refractivity contribution in [1.29, 1.82) is 0 Å². The fourth-order valence-corrected chi connectivity index (χ4v) is 6.77. The number of nitrogens with zero attached hydrogens (tertiary/aromatic N) is 4. The lowest BCUT2D eigenvalue weighted by Gasteiger charge is -2.40. The minimum atomic E-state index is -0.315. The molecule has 0 spiro atoms. The van der Waals surface area contributed by atoms with Crippen LogP contribution in [0.5, 0.6) is 0 Å². The van der Waals surface area contributed by atoms with E-state index >= 15 is 0 Å². The average molecular weight is 606 g/mol. The van der Waals surface area contributed by atoms with Crippen molar-refractivity contribution >= 4 is 33.9 Å². The van der Waals surface area contributed by atoms with Crippen LogP contribution in [-0.4, -0.2) is 51.0 Å². The van der Waals surface area contributed by atoms with Gasteiger partial charge in [-0.05, 0) is 93.3 Å². The standard InChI is InChI=1S/C37H47N7O/c1-6-43(34-16-9-10-21-38-34)27-13-11-12-26(22-27)29-19-20-32(31-15-8-7-14-30(29)31)40-36(45)41-35-23-33(37(3,4)5)42-44(35)28-18-17-25(2)39-24-28/h7-8,14-15,17-20,22-24,27,34,38H,6,9-13,16,21H2,1-5H3,(H2,40,41,45). The largest absolute Gasteiger partial charge is 0.324 e. The molecule has 1 fully saturated rings. The Hall–Kier alpha value is -4.01. The monoisotopic (exact) mass is 605 g/mol. The zero-order valence-electron chi connectivity index (χ0n) is 27.4. The van der Waals surface area contributed by atoms with Gasteiger partial charge in [-0.25, -0.2) is 9.48 Å². The lowest BCUT2D eigenvalue weighted by Crippen LogP contribution is -2.52. The topological polar surface area (TPSA) is 87.1 Å². The van der Waals surface area contributed by atoms with Crippen molar-refractivity contribution in [3.8, 4) is 5.69 Å². The highest BCUT2D eigenvalue weighted by atomic mass is 16.2. The van der Waals surface area contributed by atoms with Gasteiger partial charge in [0.1, 0.15) is 5.82 Å². The second-order valence-corrected chi connectivity index (χ2v) is 13.5. The molecule has 4 aromatic rings. The summed E-state index contributed by atoms with van der Waals surface area (Å²) in [5, 5.41) is 17.0. The van der Waals surface area contributed by atoms with Crippen LogP contribution < -0.4 is 16.0 Å². The SMILES string of the molecule is CCN(C1C=C(c2ccc(NC(=O)Nc3cc(C(C)(C)C)nn3-c3ccc(C)nc3)c3ccccc23)CCC1)C1CCCCN1. The highest BCUT2D eigenvalue weighted by molar-refractivity contribution is 6.08. The summed E-state index contributed by atoms with van der Waals surface area (Å²) in [6, 6.07) is 18.6. The molecule has 2 amide bonds. The fourth-order valence-electron chi connectivity index (χ4n) is 6.77. The van der Waals surface area contributed by atoms with Crippen LogP contribution >= 0.6 is 0 Å². The molecule has 8 heteroatoms. The molecular formula is C37H47N7O. The van der Waals surface area contributed by atoms with Gasteiger partial charge >= 0.3 is 6.03 Å². The Bertz CT molecular complexity index is 1680. The molecule has 45 heavy (non-hydrogen) atoms. The number of pyridine rings is 1. The van der Waals surface area contributed by atoms with Gasteiger partial charge < -0.3 is 10.6 Å².